The Kier molecular flexibility index (Phi) is 4.55. The number of anilines is 1. The van der Waals surface area contributed by atoms with Gasteiger partial charge in [-0.3, -0.25) is 9.20 Å². The number of imidazole rings is 1. The average Bonchev–Trinajstić information content (AvgIpc) is 2.88. The van der Waals surface area contributed by atoms with E-state index >= 15 is 0 Å². The number of rotatable bonds is 3. The molecular formula is C17H15Br2N3O. The molecule has 0 aliphatic heterocycles. The summed E-state index contributed by atoms with van der Waals surface area (Å²) in [5, 5.41) is 2.96. The number of aromatic nitrogens is 2. The second kappa shape index (κ2) is 6.45. The van der Waals surface area contributed by atoms with Crippen LogP contribution >= 0.6 is 31.9 Å². The number of nitrogens with zero attached hydrogens (tertiary/aromatic N) is 2. The van der Waals surface area contributed by atoms with Crippen LogP contribution in [0.25, 0.3) is 5.65 Å². The van der Waals surface area contributed by atoms with Crippen LogP contribution in [0.15, 0.2) is 45.5 Å². The van der Waals surface area contributed by atoms with E-state index in [9.17, 15) is 4.79 Å². The molecule has 0 bridgehead atoms. The van der Waals surface area contributed by atoms with Gasteiger partial charge in [0, 0.05) is 10.7 Å². The number of amides is 1. The second-order valence-corrected chi connectivity index (χ2v) is 6.96. The minimum absolute atomic E-state index is 0.168. The van der Waals surface area contributed by atoms with Gasteiger partial charge in [0.1, 0.15) is 5.69 Å². The number of aryl methyl sites for hydroxylation is 2. The topological polar surface area (TPSA) is 46.4 Å². The molecule has 1 amide bonds. The van der Waals surface area contributed by atoms with E-state index in [1.165, 1.54) is 0 Å². The van der Waals surface area contributed by atoms with E-state index in [0.29, 0.717) is 12.1 Å². The highest BCUT2D eigenvalue weighted by atomic mass is 79.9. The molecule has 0 fully saturated rings. The highest BCUT2D eigenvalue weighted by Crippen LogP contribution is 2.25. The van der Waals surface area contributed by atoms with Gasteiger partial charge < -0.3 is 5.32 Å². The Morgan fingerprint density at radius 2 is 2.00 bits per heavy atom. The van der Waals surface area contributed by atoms with Gasteiger partial charge in [0.15, 0.2) is 5.65 Å². The van der Waals surface area contributed by atoms with E-state index in [0.717, 1.165) is 31.5 Å². The summed E-state index contributed by atoms with van der Waals surface area (Å²) < 4.78 is 3.58. The zero-order valence-electron chi connectivity index (χ0n) is 12.7. The predicted molar refractivity (Wildman–Crippen MR) is 99.1 cm³/mol. The minimum atomic E-state index is -0.168. The summed E-state index contributed by atoms with van der Waals surface area (Å²) in [6.45, 7) is 3.99. The Morgan fingerprint density at radius 3 is 2.70 bits per heavy atom. The van der Waals surface area contributed by atoms with Crippen molar-refractivity contribution in [2.24, 2.45) is 0 Å². The molecule has 118 valence electrons. The molecule has 23 heavy (non-hydrogen) atoms. The van der Waals surface area contributed by atoms with Crippen LogP contribution < -0.4 is 5.32 Å². The fourth-order valence-electron chi connectivity index (χ4n) is 2.51. The monoisotopic (exact) mass is 435 g/mol. The van der Waals surface area contributed by atoms with Crippen molar-refractivity contribution in [1.29, 1.82) is 0 Å². The van der Waals surface area contributed by atoms with E-state index in [2.05, 4.69) is 42.2 Å². The maximum absolute atomic E-state index is 12.8. The quantitative estimate of drug-likeness (QED) is 0.629. The van der Waals surface area contributed by atoms with Crippen molar-refractivity contribution in [3.63, 3.8) is 0 Å². The van der Waals surface area contributed by atoms with Crippen LogP contribution in [0.3, 0.4) is 0 Å². The molecule has 6 heteroatoms. The lowest BCUT2D eigenvalue weighted by molar-refractivity contribution is 0.102. The molecule has 0 aliphatic rings. The molecule has 0 radical (unpaired) electrons. The van der Waals surface area contributed by atoms with Crippen molar-refractivity contribution < 1.29 is 4.79 Å². The third-order valence-corrected chi connectivity index (χ3v) is 4.83. The van der Waals surface area contributed by atoms with Crippen LogP contribution in [0, 0.1) is 6.92 Å². The van der Waals surface area contributed by atoms with E-state index < -0.39 is 0 Å². The molecule has 0 saturated heterocycles. The first kappa shape index (κ1) is 16.2. The number of fused-ring (bicyclic) bond motifs is 1. The van der Waals surface area contributed by atoms with Crippen molar-refractivity contribution >= 4 is 49.1 Å². The standard InChI is InChI=1S/C17H15Br2N3O/c1-3-13-15(17(23)21-14-7-5-4-6-11(14)18)22-9-10(2)8-12(19)16(22)20-13/h4-9H,3H2,1-2H3,(H,21,23). The third-order valence-electron chi connectivity index (χ3n) is 3.56. The molecule has 1 aromatic carbocycles. The Balaban J connectivity index is 2.11. The molecule has 4 nitrogen and oxygen atoms in total. The number of carbonyl (C=O) groups is 1. The molecule has 2 aromatic heterocycles. The number of carbonyl (C=O) groups excluding carboxylic acids is 1. The summed E-state index contributed by atoms with van der Waals surface area (Å²) in [4.78, 5) is 17.4. The predicted octanol–water partition coefficient (Wildman–Crippen LogP) is 4.98. The van der Waals surface area contributed by atoms with Gasteiger partial charge in [0.05, 0.1) is 15.9 Å². The molecule has 3 rings (SSSR count). The summed E-state index contributed by atoms with van der Waals surface area (Å²) in [5.74, 6) is -0.168. The Hall–Kier alpha value is -1.66. The van der Waals surface area contributed by atoms with E-state index in [-0.39, 0.29) is 5.91 Å². The van der Waals surface area contributed by atoms with Crippen LogP contribution in [0.2, 0.25) is 0 Å². The first-order valence-electron chi connectivity index (χ1n) is 7.24. The zero-order valence-corrected chi connectivity index (χ0v) is 15.9. The fourth-order valence-corrected chi connectivity index (χ4v) is 3.53. The number of nitrogens with one attached hydrogen (secondary N) is 1. The Morgan fingerprint density at radius 1 is 1.26 bits per heavy atom. The van der Waals surface area contributed by atoms with Gasteiger partial charge in [-0.15, -0.1) is 0 Å². The summed E-state index contributed by atoms with van der Waals surface area (Å²) in [7, 11) is 0. The molecule has 0 saturated carbocycles. The number of halogens is 2. The molecule has 1 N–H and O–H groups in total. The van der Waals surface area contributed by atoms with Crippen molar-refractivity contribution in [3.8, 4) is 0 Å². The Labute approximate surface area is 151 Å². The molecular weight excluding hydrogens is 422 g/mol. The normalized spacial score (nSPS) is 11.0. The summed E-state index contributed by atoms with van der Waals surface area (Å²) in [5.41, 5.74) is 3.90. The van der Waals surface area contributed by atoms with Gasteiger partial charge in [-0.25, -0.2) is 4.98 Å². The van der Waals surface area contributed by atoms with Gasteiger partial charge in [-0.1, -0.05) is 19.1 Å². The minimum Gasteiger partial charge on any atom is -0.320 e. The molecule has 0 atom stereocenters. The maximum atomic E-state index is 12.8. The lowest BCUT2D eigenvalue weighted by Gasteiger charge is -2.09. The SMILES string of the molecule is CCc1nc2c(Br)cc(C)cn2c1C(=O)Nc1ccccc1Br. The van der Waals surface area contributed by atoms with Gasteiger partial charge in [0.25, 0.3) is 5.91 Å². The van der Waals surface area contributed by atoms with Crippen molar-refractivity contribution in [2.45, 2.75) is 20.3 Å². The lowest BCUT2D eigenvalue weighted by atomic mass is 10.2. The molecule has 3 aromatic rings. The van der Waals surface area contributed by atoms with Crippen LogP contribution in [0.4, 0.5) is 5.69 Å². The number of benzene rings is 1. The number of pyridine rings is 1. The van der Waals surface area contributed by atoms with Gasteiger partial charge in [-0.2, -0.15) is 0 Å². The lowest BCUT2D eigenvalue weighted by Crippen LogP contribution is -2.16. The number of hydrogen-bond acceptors (Lipinski definition) is 2. The average molecular weight is 437 g/mol. The molecule has 0 unspecified atom stereocenters. The maximum Gasteiger partial charge on any atom is 0.274 e. The van der Waals surface area contributed by atoms with E-state index in [1.54, 1.807) is 0 Å². The smallest absolute Gasteiger partial charge is 0.274 e. The number of para-hydroxylation sites is 1. The first-order chi connectivity index (χ1) is 11.0. The van der Waals surface area contributed by atoms with Crippen molar-refractivity contribution in [3.05, 3.63) is 62.4 Å². The summed E-state index contributed by atoms with van der Waals surface area (Å²) >= 11 is 6.98. The van der Waals surface area contributed by atoms with Crippen LogP contribution in [0.1, 0.15) is 28.7 Å². The van der Waals surface area contributed by atoms with Crippen LogP contribution in [-0.2, 0) is 6.42 Å². The van der Waals surface area contributed by atoms with Gasteiger partial charge in [0.2, 0.25) is 0 Å². The highest BCUT2D eigenvalue weighted by Gasteiger charge is 2.20. The van der Waals surface area contributed by atoms with Gasteiger partial charge in [-0.05, 0) is 69.0 Å². The van der Waals surface area contributed by atoms with E-state index in [1.807, 2.05) is 54.8 Å². The molecule has 0 aliphatic carbocycles. The largest absolute Gasteiger partial charge is 0.320 e. The third kappa shape index (κ3) is 3.05. The fraction of sp³-hybridized carbons (Fsp3) is 0.176. The molecule has 0 spiro atoms. The highest BCUT2D eigenvalue weighted by molar-refractivity contribution is 9.11. The van der Waals surface area contributed by atoms with E-state index in [4.69, 9.17) is 0 Å². The van der Waals surface area contributed by atoms with Crippen LogP contribution in [0.5, 0.6) is 0 Å². The number of hydrogen-bond donors (Lipinski definition) is 1. The van der Waals surface area contributed by atoms with Crippen molar-refractivity contribution in [1.82, 2.24) is 9.38 Å². The second-order valence-electron chi connectivity index (χ2n) is 5.25. The zero-order chi connectivity index (χ0) is 16.6. The first-order valence-corrected chi connectivity index (χ1v) is 8.82. The van der Waals surface area contributed by atoms with Gasteiger partial charge >= 0.3 is 0 Å². The summed E-state index contributed by atoms with van der Waals surface area (Å²) in [6, 6.07) is 9.54. The summed E-state index contributed by atoms with van der Waals surface area (Å²) in [6.07, 6.45) is 2.62. The van der Waals surface area contributed by atoms with Crippen molar-refractivity contribution in [2.75, 3.05) is 5.32 Å². The molecule has 2 heterocycles. The Bertz CT molecular complexity index is 902. The van der Waals surface area contributed by atoms with Crippen LogP contribution in [-0.4, -0.2) is 15.3 Å².